The van der Waals surface area contributed by atoms with Gasteiger partial charge in [0.1, 0.15) is 4.60 Å². The van der Waals surface area contributed by atoms with Gasteiger partial charge in [-0.1, -0.05) is 6.07 Å². The molecule has 0 bridgehead atoms. The SMILES string of the molecule is COC(=O)C[C@@H](N)c1cccnc1Br. The normalized spacial score (nSPS) is 12.2. The first-order valence-corrected chi connectivity index (χ1v) is 4.87. The van der Waals surface area contributed by atoms with Crippen molar-refractivity contribution in [1.29, 1.82) is 0 Å². The first kappa shape index (κ1) is 11.1. The number of nitrogens with two attached hydrogens (primary N) is 1. The summed E-state index contributed by atoms with van der Waals surface area (Å²) in [4.78, 5) is 15.0. The van der Waals surface area contributed by atoms with Gasteiger partial charge in [0.25, 0.3) is 0 Å². The van der Waals surface area contributed by atoms with Crippen LogP contribution in [0.25, 0.3) is 0 Å². The second-order valence-electron chi connectivity index (χ2n) is 2.77. The Morgan fingerprint density at radius 3 is 3.07 bits per heavy atom. The van der Waals surface area contributed by atoms with Gasteiger partial charge >= 0.3 is 5.97 Å². The lowest BCUT2D eigenvalue weighted by atomic mass is 10.1. The molecule has 0 saturated carbocycles. The Kier molecular flexibility index (Phi) is 4.03. The first-order chi connectivity index (χ1) is 6.65. The van der Waals surface area contributed by atoms with Gasteiger partial charge in [-0.3, -0.25) is 4.79 Å². The van der Waals surface area contributed by atoms with Crippen molar-refractivity contribution in [3.05, 3.63) is 28.5 Å². The Bertz CT molecular complexity index is 330. The van der Waals surface area contributed by atoms with Crippen LogP contribution in [0.2, 0.25) is 0 Å². The maximum atomic E-state index is 11.0. The molecular formula is C9H11BrN2O2. The Hall–Kier alpha value is -0.940. The molecule has 2 N–H and O–H groups in total. The van der Waals surface area contributed by atoms with Crippen molar-refractivity contribution in [3.63, 3.8) is 0 Å². The number of carbonyl (C=O) groups is 1. The van der Waals surface area contributed by atoms with Crippen molar-refractivity contribution in [2.45, 2.75) is 12.5 Å². The smallest absolute Gasteiger partial charge is 0.307 e. The van der Waals surface area contributed by atoms with E-state index in [4.69, 9.17) is 5.73 Å². The molecule has 0 unspecified atom stereocenters. The number of halogens is 1. The van der Waals surface area contributed by atoms with E-state index in [0.29, 0.717) is 4.60 Å². The summed E-state index contributed by atoms with van der Waals surface area (Å²) in [6, 6.07) is 3.22. The molecule has 1 rings (SSSR count). The second kappa shape index (κ2) is 5.07. The van der Waals surface area contributed by atoms with Crippen LogP contribution in [0.1, 0.15) is 18.0 Å². The lowest BCUT2D eigenvalue weighted by Gasteiger charge is -2.11. The number of esters is 1. The summed E-state index contributed by atoms with van der Waals surface area (Å²) in [5.74, 6) is -0.326. The van der Waals surface area contributed by atoms with Crippen molar-refractivity contribution < 1.29 is 9.53 Å². The maximum absolute atomic E-state index is 11.0. The number of hydrogen-bond donors (Lipinski definition) is 1. The van der Waals surface area contributed by atoms with E-state index >= 15 is 0 Å². The van der Waals surface area contributed by atoms with Crippen molar-refractivity contribution >= 4 is 21.9 Å². The zero-order valence-corrected chi connectivity index (χ0v) is 9.32. The van der Waals surface area contributed by atoms with Gasteiger partial charge in [0.2, 0.25) is 0 Å². The minimum atomic E-state index is -0.384. The fourth-order valence-corrected chi connectivity index (χ4v) is 1.59. The van der Waals surface area contributed by atoms with Crippen LogP contribution < -0.4 is 5.73 Å². The van der Waals surface area contributed by atoms with E-state index in [2.05, 4.69) is 25.7 Å². The summed E-state index contributed by atoms with van der Waals surface area (Å²) < 4.78 is 5.19. The average Bonchev–Trinajstić information content (AvgIpc) is 2.18. The minimum Gasteiger partial charge on any atom is -0.469 e. The molecule has 0 aromatic carbocycles. The monoisotopic (exact) mass is 258 g/mol. The predicted octanol–water partition coefficient (Wildman–Crippen LogP) is 1.41. The van der Waals surface area contributed by atoms with Crippen LogP contribution in [-0.4, -0.2) is 18.1 Å². The lowest BCUT2D eigenvalue weighted by molar-refractivity contribution is -0.141. The number of pyridine rings is 1. The molecule has 0 aliphatic carbocycles. The molecular weight excluding hydrogens is 248 g/mol. The summed E-state index contributed by atoms with van der Waals surface area (Å²) in [6.07, 6.45) is 1.80. The zero-order chi connectivity index (χ0) is 10.6. The molecule has 1 atom stereocenters. The summed E-state index contributed by atoms with van der Waals surface area (Å²) in [5.41, 5.74) is 6.61. The van der Waals surface area contributed by atoms with E-state index < -0.39 is 0 Å². The maximum Gasteiger partial charge on any atom is 0.307 e. The number of hydrogen-bond acceptors (Lipinski definition) is 4. The average molecular weight is 259 g/mol. The van der Waals surface area contributed by atoms with Crippen LogP contribution in [0.3, 0.4) is 0 Å². The van der Waals surface area contributed by atoms with E-state index in [0.717, 1.165) is 5.56 Å². The third-order valence-electron chi connectivity index (χ3n) is 1.80. The molecule has 0 amide bonds. The molecule has 0 spiro atoms. The number of aromatic nitrogens is 1. The minimum absolute atomic E-state index is 0.154. The molecule has 1 heterocycles. The third kappa shape index (κ3) is 2.78. The van der Waals surface area contributed by atoms with Crippen LogP contribution in [0.5, 0.6) is 0 Å². The number of ether oxygens (including phenoxy) is 1. The number of carbonyl (C=O) groups excluding carboxylic acids is 1. The standard InChI is InChI=1S/C9H11BrN2O2/c1-14-8(13)5-7(11)6-3-2-4-12-9(6)10/h2-4,7H,5,11H2,1H3/t7-/m1/s1. The highest BCUT2D eigenvalue weighted by Crippen LogP contribution is 2.21. The Labute approximate surface area is 90.6 Å². The first-order valence-electron chi connectivity index (χ1n) is 4.08. The van der Waals surface area contributed by atoms with E-state index in [1.807, 2.05) is 6.07 Å². The van der Waals surface area contributed by atoms with Gasteiger partial charge in [-0.05, 0) is 22.0 Å². The molecule has 1 aromatic heterocycles. The fraction of sp³-hybridized carbons (Fsp3) is 0.333. The topological polar surface area (TPSA) is 65.2 Å². The van der Waals surface area contributed by atoms with Gasteiger partial charge in [0, 0.05) is 17.8 Å². The highest BCUT2D eigenvalue weighted by molar-refractivity contribution is 9.10. The van der Waals surface area contributed by atoms with Crippen molar-refractivity contribution in [2.24, 2.45) is 5.73 Å². The van der Waals surface area contributed by atoms with E-state index in [9.17, 15) is 4.79 Å². The van der Waals surface area contributed by atoms with Crippen LogP contribution in [-0.2, 0) is 9.53 Å². The van der Waals surface area contributed by atoms with Gasteiger partial charge in [-0.15, -0.1) is 0 Å². The molecule has 0 saturated heterocycles. The Balaban J connectivity index is 2.74. The Morgan fingerprint density at radius 2 is 2.50 bits per heavy atom. The van der Waals surface area contributed by atoms with Gasteiger partial charge in [-0.2, -0.15) is 0 Å². The molecule has 1 aromatic rings. The van der Waals surface area contributed by atoms with Gasteiger partial charge in [0.05, 0.1) is 13.5 Å². The van der Waals surface area contributed by atoms with Crippen molar-refractivity contribution in [3.8, 4) is 0 Å². The number of methoxy groups -OCH3 is 1. The lowest BCUT2D eigenvalue weighted by Crippen LogP contribution is -2.17. The summed E-state index contributed by atoms with van der Waals surface area (Å²) in [7, 11) is 1.34. The molecule has 76 valence electrons. The van der Waals surface area contributed by atoms with Gasteiger partial charge in [-0.25, -0.2) is 4.98 Å². The van der Waals surface area contributed by atoms with Gasteiger partial charge in [0.15, 0.2) is 0 Å². The molecule has 4 nitrogen and oxygen atoms in total. The zero-order valence-electron chi connectivity index (χ0n) is 7.74. The fourth-order valence-electron chi connectivity index (χ4n) is 1.05. The third-order valence-corrected chi connectivity index (χ3v) is 2.46. The number of nitrogens with zero attached hydrogens (tertiary/aromatic N) is 1. The highest BCUT2D eigenvalue weighted by Gasteiger charge is 2.14. The van der Waals surface area contributed by atoms with Crippen LogP contribution in [0.4, 0.5) is 0 Å². The quantitative estimate of drug-likeness (QED) is 0.658. The summed E-state index contributed by atoms with van der Waals surface area (Å²) in [6.45, 7) is 0. The predicted molar refractivity (Wildman–Crippen MR) is 55.5 cm³/mol. The summed E-state index contributed by atoms with van der Waals surface area (Å²) in [5, 5.41) is 0. The molecule has 0 fully saturated rings. The summed E-state index contributed by atoms with van der Waals surface area (Å²) >= 11 is 3.27. The van der Waals surface area contributed by atoms with Gasteiger partial charge < -0.3 is 10.5 Å². The van der Waals surface area contributed by atoms with Crippen molar-refractivity contribution in [1.82, 2.24) is 4.98 Å². The Morgan fingerprint density at radius 1 is 1.79 bits per heavy atom. The molecule has 0 aliphatic rings. The van der Waals surface area contributed by atoms with Crippen LogP contribution >= 0.6 is 15.9 Å². The van der Waals surface area contributed by atoms with Crippen LogP contribution in [0.15, 0.2) is 22.9 Å². The number of rotatable bonds is 3. The van der Waals surface area contributed by atoms with E-state index in [-0.39, 0.29) is 18.4 Å². The molecule has 5 heteroatoms. The van der Waals surface area contributed by atoms with Crippen LogP contribution in [0, 0.1) is 0 Å². The van der Waals surface area contributed by atoms with Crippen molar-refractivity contribution in [2.75, 3.05) is 7.11 Å². The second-order valence-corrected chi connectivity index (χ2v) is 3.52. The molecule has 0 radical (unpaired) electrons. The largest absolute Gasteiger partial charge is 0.469 e. The highest BCUT2D eigenvalue weighted by atomic mass is 79.9. The van der Waals surface area contributed by atoms with E-state index in [1.54, 1.807) is 12.3 Å². The molecule has 0 aliphatic heterocycles. The van der Waals surface area contributed by atoms with E-state index in [1.165, 1.54) is 7.11 Å². The molecule has 14 heavy (non-hydrogen) atoms.